The molecule has 0 amide bonds. The molecule has 2 saturated carbocycles. The smallest absolute Gasteiger partial charge is 0.362 e. The largest absolute Gasteiger partial charge is 0.378 e. The second-order valence-electron chi connectivity index (χ2n) is 12.3. The van der Waals surface area contributed by atoms with E-state index in [9.17, 15) is 9.67 Å². The highest BCUT2D eigenvalue weighted by Gasteiger charge is 2.51. The maximum absolute atomic E-state index is 14.6. The highest BCUT2D eigenvalue weighted by molar-refractivity contribution is 7.54. The van der Waals surface area contributed by atoms with Crippen LogP contribution in [0.2, 0.25) is 0 Å². The summed E-state index contributed by atoms with van der Waals surface area (Å²) in [6.07, 6.45) is 4.96. The van der Waals surface area contributed by atoms with E-state index < -0.39 is 25.3 Å². The lowest BCUT2D eigenvalue weighted by molar-refractivity contribution is -0.147. The molecule has 0 radical (unpaired) electrons. The molecule has 0 aromatic rings. The zero-order chi connectivity index (χ0) is 24.6. The van der Waals surface area contributed by atoms with Gasteiger partial charge in [-0.2, -0.15) is 0 Å². The number of hydrogen-bond acceptors (Lipinski definition) is 6. The Morgan fingerprint density at radius 2 is 1.33 bits per heavy atom. The van der Waals surface area contributed by atoms with Crippen molar-refractivity contribution in [3.05, 3.63) is 0 Å². The van der Waals surface area contributed by atoms with Crippen molar-refractivity contribution in [2.45, 2.75) is 124 Å². The Bertz CT molecular complexity index is 642. The molecule has 0 bridgehead atoms. The van der Waals surface area contributed by atoms with Crippen LogP contribution < -0.4 is 0 Å². The quantitative estimate of drug-likeness (QED) is 0.388. The summed E-state index contributed by atoms with van der Waals surface area (Å²) in [6, 6.07) is 0. The van der Waals surface area contributed by atoms with Crippen molar-refractivity contribution in [3.8, 4) is 0 Å². The molecule has 2 aliphatic carbocycles. The number of rotatable bonds is 8. The summed E-state index contributed by atoms with van der Waals surface area (Å²) in [5.41, 5.74) is 0. The van der Waals surface area contributed by atoms with Crippen LogP contribution in [0.25, 0.3) is 0 Å². The van der Waals surface area contributed by atoms with Crippen molar-refractivity contribution in [2.75, 3.05) is 6.61 Å². The maximum atomic E-state index is 14.6. The average Bonchev–Trinajstić information content (AvgIpc) is 3.06. The van der Waals surface area contributed by atoms with Crippen LogP contribution in [-0.2, 0) is 23.1 Å². The van der Waals surface area contributed by atoms with Gasteiger partial charge in [-0.05, 0) is 75.0 Å². The SMILES string of the molecule is CC(C)[C@@H]1CC[C@@H](C)C[C@H]1OP(=O)(O[C@@H]1C[C@H](C)CC[C@H]1C(C)C)[C@H](O)[C@H]1COC(C)(C)O1. The summed E-state index contributed by atoms with van der Waals surface area (Å²) in [5, 5.41) is 11.4. The molecule has 0 aromatic carbocycles. The molecule has 0 spiro atoms. The molecule has 194 valence electrons. The second-order valence-corrected chi connectivity index (χ2v) is 14.3. The Morgan fingerprint density at radius 3 is 1.70 bits per heavy atom. The Balaban J connectivity index is 1.89. The van der Waals surface area contributed by atoms with Crippen LogP contribution in [0.3, 0.4) is 0 Å². The first kappa shape index (κ1) is 27.6. The molecule has 8 atom stereocenters. The minimum atomic E-state index is -3.91. The van der Waals surface area contributed by atoms with Crippen molar-refractivity contribution >= 4 is 7.60 Å². The van der Waals surface area contributed by atoms with Gasteiger partial charge in [0.05, 0.1) is 18.8 Å². The maximum Gasteiger partial charge on any atom is 0.362 e. The molecule has 1 saturated heterocycles. The van der Waals surface area contributed by atoms with E-state index in [1.165, 1.54) is 0 Å². The zero-order valence-electron chi connectivity index (χ0n) is 22.2. The van der Waals surface area contributed by atoms with Gasteiger partial charge < -0.3 is 23.6 Å². The van der Waals surface area contributed by atoms with E-state index in [1.807, 2.05) is 13.8 Å². The van der Waals surface area contributed by atoms with Gasteiger partial charge in [0.15, 0.2) is 11.6 Å². The first-order valence-corrected chi connectivity index (χ1v) is 14.9. The summed E-state index contributed by atoms with van der Waals surface area (Å²) in [7, 11) is -3.91. The molecule has 3 fully saturated rings. The van der Waals surface area contributed by atoms with Crippen LogP contribution in [0.5, 0.6) is 0 Å². The van der Waals surface area contributed by atoms with Crippen LogP contribution >= 0.6 is 7.60 Å². The third-order valence-electron chi connectivity index (χ3n) is 8.17. The summed E-state index contributed by atoms with van der Waals surface area (Å²) >= 11 is 0. The van der Waals surface area contributed by atoms with Gasteiger partial charge in [0.1, 0.15) is 6.10 Å². The molecule has 0 aromatic heterocycles. The van der Waals surface area contributed by atoms with Crippen LogP contribution in [-0.4, -0.2) is 41.7 Å². The molecule has 1 heterocycles. The number of aliphatic hydroxyl groups excluding tert-OH is 1. The van der Waals surface area contributed by atoms with Gasteiger partial charge >= 0.3 is 7.60 Å². The predicted octanol–water partition coefficient (Wildman–Crippen LogP) is 6.60. The molecule has 6 nitrogen and oxygen atoms in total. The van der Waals surface area contributed by atoms with Crippen molar-refractivity contribution in [3.63, 3.8) is 0 Å². The lowest BCUT2D eigenvalue weighted by Crippen LogP contribution is -2.40. The molecule has 0 unspecified atom stereocenters. The summed E-state index contributed by atoms with van der Waals surface area (Å²) in [4.78, 5) is 0. The van der Waals surface area contributed by atoms with E-state index in [4.69, 9.17) is 18.5 Å². The molecule has 1 aliphatic heterocycles. The molecule has 33 heavy (non-hydrogen) atoms. The third kappa shape index (κ3) is 6.83. The van der Waals surface area contributed by atoms with Gasteiger partial charge in [0, 0.05) is 0 Å². The van der Waals surface area contributed by atoms with Crippen molar-refractivity contribution in [1.82, 2.24) is 0 Å². The Hall–Kier alpha value is 0.0300. The molecule has 1 N–H and O–H groups in total. The Morgan fingerprint density at radius 1 is 0.879 bits per heavy atom. The van der Waals surface area contributed by atoms with Gasteiger partial charge in [-0.25, -0.2) is 0 Å². The first-order chi connectivity index (χ1) is 15.3. The van der Waals surface area contributed by atoms with Crippen molar-refractivity contribution in [1.29, 1.82) is 0 Å². The lowest BCUT2D eigenvalue weighted by atomic mass is 9.75. The topological polar surface area (TPSA) is 74.2 Å². The van der Waals surface area contributed by atoms with E-state index in [-0.39, 0.29) is 18.8 Å². The third-order valence-corrected chi connectivity index (χ3v) is 10.3. The van der Waals surface area contributed by atoms with E-state index in [0.717, 1.165) is 38.5 Å². The summed E-state index contributed by atoms with van der Waals surface area (Å²) < 4.78 is 39.1. The van der Waals surface area contributed by atoms with Gasteiger partial charge in [0.25, 0.3) is 0 Å². The molecular formula is C26H49O6P. The number of ether oxygens (including phenoxy) is 2. The fourth-order valence-electron chi connectivity index (χ4n) is 6.06. The van der Waals surface area contributed by atoms with Crippen molar-refractivity contribution < 1.29 is 28.2 Å². The van der Waals surface area contributed by atoms with Crippen LogP contribution in [0.15, 0.2) is 0 Å². The molecule has 3 aliphatic rings. The summed E-state index contributed by atoms with van der Waals surface area (Å²) in [6.45, 7) is 17.0. The normalized spacial score (nSPS) is 38.7. The Kier molecular flexibility index (Phi) is 9.18. The van der Waals surface area contributed by atoms with E-state index in [1.54, 1.807) is 0 Å². The Labute approximate surface area is 202 Å². The zero-order valence-corrected chi connectivity index (χ0v) is 23.1. The van der Waals surface area contributed by atoms with Crippen molar-refractivity contribution in [2.24, 2.45) is 35.5 Å². The molecule has 3 rings (SSSR count). The average molecular weight is 489 g/mol. The van der Waals surface area contributed by atoms with Gasteiger partial charge in [-0.1, -0.05) is 54.4 Å². The summed E-state index contributed by atoms with van der Waals surface area (Å²) in [5.74, 6) is 0.234. The highest BCUT2D eigenvalue weighted by atomic mass is 31.2. The van der Waals surface area contributed by atoms with Crippen LogP contribution in [0, 0.1) is 35.5 Å². The standard InChI is InChI=1S/C26H49O6P/c1-16(2)20-11-9-18(5)13-22(20)31-33(28,25(27)24-15-29-26(7,8)30-24)32-23-14-19(6)10-12-21(23)17(3)4/h16-25,27H,9-15H2,1-8H3/t18-,19-,20+,21+,22-,23-,24-,25+/m1/s1. The minimum Gasteiger partial charge on any atom is -0.378 e. The second kappa shape index (κ2) is 11.0. The van der Waals surface area contributed by atoms with E-state index in [2.05, 4.69) is 41.5 Å². The highest BCUT2D eigenvalue weighted by Crippen LogP contribution is 2.60. The monoisotopic (exact) mass is 488 g/mol. The van der Waals surface area contributed by atoms with Gasteiger partial charge in [-0.15, -0.1) is 0 Å². The number of hydrogen-bond donors (Lipinski definition) is 1. The number of aliphatic hydroxyl groups is 1. The molecular weight excluding hydrogens is 439 g/mol. The fraction of sp³-hybridized carbons (Fsp3) is 1.00. The van der Waals surface area contributed by atoms with Crippen LogP contribution in [0.1, 0.15) is 93.9 Å². The van der Waals surface area contributed by atoms with Gasteiger partial charge in [-0.3, -0.25) is 4.57 Å². The lowest BCUT2D eigenvalue weighted by Gasteiger charge is -2.43. The predicted molar refractivity (Wildman–Crippen MR) is 131 cm³/mol. The first-order valence-electron chi connectivity index (χ1n) is 13.3. The van der Waals surface area contributed by atoms with E-state index >= 15 is 0 Å². The minimum absolute atomic E-state index is 0.175. The van der Waals surface area contributed by atoms with E-state index in [0.29, 0.717) is 35.5 Å². The fourth-order valence-corrected chi connectivity index (χ4v) is 8.16. The van der Waals surface area contributed by atoms with Crippen LogP contribution in [0.4, 0.5) is 0 Å². The van der Waals surface area contributed by atoms with Gasteiger partial charge in [0.2, 0.25) is 0 Å². The molecule has 7 heteroatoms.